The lowest BCUT2D eigenvalue weighted by atomic mass is 9.81. The fraction of sp³-hybridized carbons (Fsp3) is 0.257. The molecule has 13 heteroatoms. The van der Waals surface area contributed by atoms with Gasteiger partial charge in [0.15, 0.2) is 11.7 Å². The van der Waals surface area contributed by atoms with Crippen molar-refractivity contribution in [1.82, 2.24) is 4.90 Å². The van der Waals surface area contributed by atoms with E-state index in [1.54, 1.807) is 68.1 Å². The Kier molecular flexibility index (Phi) is 11.0. The largest absolute Gasteiger partial charge is 0.480 e. The average molecular weight is 705 g/mol. The monoisotopic (exact) mass is 704 g/mol. The number of anilines is 2. The quantitative estimate of drug-likeness (QED) is 0.0536. The molecule has 2 atom stereocenters. The van der Waals surface area contributed by atoms with E-state index in [1.807, 2.05) is 30.3 Å². The molecule has 3 aromatic carbocycles. The number of thioether (sulfide) groups is 1. The van der Waals surface area contributed by atoms with Crippen LogP contribution in [-0.4, -0.2) is 63.2 Å². The number of thiocarbonyl (C=S) groups is 1. The number of Topliss-reactive ketones (excluding diaryl/α,β-unsaturated/α-hetero) is 1. The summed E-state index contributed by atoms with van der Waals surface area (Å²) >= 11 is 7.85. The molecule has 0 aromatic heterocycles. The summed E-state index contributed by atoms with van der Waals surface area (Å²) in [5, 5.41) is 12.8. The summed E-state index contributed by atoms with van der Waals surface area (Å²) in [4.78, 5) is 68.1. The first-order valence-electron chi connectivity index (χ1n) is 15.2. The number of nitrogens with zero attached hydrogens (tertiary/aromatic N) is 1. The Balaban J connectivity index is 1.45. The van der Waals surface area contributed by atoms with Crippen molar-refractivity contribution in [3.05, 3.63) is 88.3 Å². The zero-order valence-corrected chi connectivity index (χ0v) is 28.7. The number of benzene rings is 3. The van der Waals surface area contributed by atoms with Gasteiger partial charge in [0, 0.05) is 27.7 Å². The van der Waals surface area contributed by atoms with E-state index in [0.717, 1.165) is 37.8 Å². The third-order valence-corrected chi connectivity index (χ3v) is 10.3. The molecular weight excluding hydrogens is 673 g/mol. The van der Waals surface area contributed by atoms with Gasteiger partial charge in [0.05, 0.1) is 29.5 Å². The van der Waals surface area contributed by atoms with Gasteiger partial charge in [-0.25, -0.2) is 4.79 Å². The van der Waals surface area contributed by atoms with Crippen molar-refractivity contribution >= 4 is 87.1 Å². The molecule has 0 bridgehead atoms. The molecule has 0 saturated carbocycles. The molecule has 1 saturated heterocycles. The Morgan fingerprint density at radius 1 is 0.917 bits per heavy atom. The van der Waals surface area contributed by atoms with Crippen LogP contribution < -0.4 is 5.32 Å². The number of carboxylic acids is 1. The minimum Gasteiger partial charge on any atom is -0.480 e. The van der Waals surface area contributed by atoms with Crippen LogP contribution in [0, 0.1) is 5.92 Å². The Morgan fingerprint density at radius 3 is 2.21 bits per heavy atom. The van der Waals surface area contributed by atoms with Gasteiger partial charge in [0.2, 0.25) is 0 Å². The number of rotatable bonds is 12. The van der Waals surface area contributed by atoms with Crippen molar-refractivity contribution in [3.63, 3.8) is 0 Å². The molecular formula is C35H32N2O8S3. The maximum atomic E-state index is 13.9. The standard InChI is InChI=1S/C35H32N2O8S3/c1-4-44-33(42)30(34(43)45-5-2)23(18-26(38)22-14-15-28-25(17-22)36-24-8-6-7-9-27(24)47-28)21-12-10-20(11-13-21)16-29-31(39)37(35(46)48-29)19(3)32(40)41/h6-17,19,23,30,36H,4-5,18H2,1-3H3,(H,40,41)/b29-16+. The number of nitrogens with one attached hydrogen (secondary N) is 1. The molecule has 10 nitrogen and oxygen atoms in total. The molecule has 0 spiro atoms. The average Bonchev–Trinajstić information content (AvgIpc) is 3.34. The van der Waals surface area contributed by atoms with Crippen molar-refractivity contribution in [2.75, 3.05) is 18.5 Å². The van der Waals surface area contributed by atoms with E-state index in [4.69, 9.17) is 21.7 Å². The summed E-state index contributed by atoms with van der Waals surface area (Å²) < 4.78 is 10.7. The van der Waals surface area contributed by atoms with E-state index >= 15 is 0 Å². The van der Waals surface area contributed by atoms with Crippen LogP contribution in [0.15, 0.2) is 81.4 Å². The lowest BCUT2D eigenvalue weighted by Crippen LogP contribution is -2.41. The van der Waals surface area contributed by atoms with E-state index in [-0.39, 0.29) is 34.6 Å². The molecule has 3 aromatic rings. The summed E-state index contributed by atoms with van der Waals surface area (Å²) in [5.74, 6) is -5.91. The number of fused-ring (bicyclic) bond motifs is 2. The molecule has 48 heavy (non-hydrogen) atoms. The second-order valence-electron chi connectivity index (χ2n) is 10.9. The first kappa shape index (κ1) is 34.9. The molecule has 2 N–H and O–H groups in total. The molecule has 2 aliphatic rings. The van der Waals surface area contributed by atoms with Gasteiger partial charge < -0.3 is 19.9 Å². The van der Waals surface area contributed by atoms with Crippen molar-refractivity contribution in [3.8, 4) is 0 Å². The van der Waals surface area contributed by atoms with E-state index in [0.29, 0.717) is 16.7 Å². The SMILES string of the molecule is CCOC(=O)C(C(=O)OCC)C(CC(=O)c1ccc2c(c1)Nc1ccccc1S2)c1ccc(/C=C2/SC(=S)N(C(C)C(=O)O)C2=O)cc1. The zero-order chi connectivity index (χ0) is 34.5. The van der Waals surface area contributed by atoms with Crippen LogP contribution in [0.3, 0.4) is 0 Å². The topological polar surface area (TPSA) is 139 Å². The molecule has 5 rings (SSSR count). The molecule has 2 unspecified atom stereocenters. The number of para-hydroxylation sites is 1. The van der Waals surface area contributed by atoms with Crippen LogP contribution in [0.1, 0.15) is 54.6 Å². The summed E-state index contributed by atoms with van der Waals surface area (Å²) in [5.41, 5.74) is 3.22. The minimum atomic E-state index is -1.41. The van der Waals surface area contributed by atoms with Crippen LogP contribution >= 0.6 is 35.7 Å². The van der Waals surface area contributed by atoms with Gasteiger partial charge in [-0.1, -0.05) is 78.2 Å². The second-order valence-corrected chi connectivity index (χ2v) is 13.6. The van der Waals surface area contributed by atoms with E-state index in [1.165, 1.54) is 6.92 Å². The number of aliphatic carboxylic acids is 1. The van der Waals surface area contributed by atoms with Crippen LogP contribution in [0.25, 0.3) is 6.08 Å². The lowest BCUT2D eigenvalue weighted by Gasteiger charge is -2.25. The highest BCUT2D eigenvalue weighted by molar-refractivity contribution is 8.26. The third-order valence-electron chi connectivity index (χ3n) is 7.80. The van der Waals surface area contributed by atoms with Crippen molar-refractivity contribution < 1.29 is 38.6 Å². The van der Waals surface area contributed by atoms with Gasteiger partial charge in [-0.2, -0.15) is 0 Å². The highest BCUT2D eigenvalue weighted by atomic mass is 32.2. The Morgan fingerprint density at radius 2 is 1.56 bits per heavy atom. The first-order valence-corrected chi connectivity index (χ1v) is 17.2. The number of hydrogen-bond acceptors (Lipinski definition) is 11. The van der Waals surface area contributed by atoms with E-state index < -0.39 is 41.7 Å². The zero-order valence-electron chi connectivity index (χ0n) is 26.3. The van der Waals surface area contributed by atoms with Gasteiger partial charge in [0.25, 0.3) is 5.91 Å². The van der Waals surface area contributed by atoms with Gasteiger partial charge in [-0.3, -0.25) is 24.1 Å². The number of ether oxygens (including phenoxy) is 2. The lowest BCUT2D eigenvalue weighted by molar-refractivity contribution is -0.162. The number of esters is 2. The fourth-order valence-corrected chi connectivity index (χ4v) is 7.75. The predicted octanol–water partition coefficient (Wildman–Crippen LogP) is 6.67. The summed E-state index contributed by atoms with van der Waals surface area (Å²) in [7, 11) is 0. The minimum absolute atomic E-state index is 0.0304. The van der Waals surface area contributed by atoms with Crippen LogP contribution in [-0.2, 0) is 28.7 Å². The molecule has 1 amide bonds. The van der Waals surface area contributed by atoms with Crippen molar-refractivity contribution in [2.24, 2.45) is 5.92 Å². The molecule has 0 radical (unpaired) electrons. The number of ketones is 1. The van der Waals surface area contributed by atoms with Gasteiger partial charge >= 0.3 is 17.9 Å². The molecule has 1 fully saturated rings. The summed E-state index contributed by atoms with van der Waals surface area (Å²) in [6, 6.07) is 18.8. The number of amides is 1. The first-order chi connectivity index (χ1) is 23.0. The maximum Gasteiger partial charge on any atom is 0.326 e. The number of carbonyl (C=O) groups excluding carboxylic acids is 4. The fourth-order valence-electron chi connectivity index (χ4n) is 5.36. The van der Waals surface area contributed by atoms with Crippen molar-refractivity contribution in [1.29, 1.82) is 0 Å². The Hall–Kier alpha value is -4.46. The third kappa shape index (κ3) is 7.48. The molecule has 0 aliphatic carbocycles. The highest BCUT2D eigenvalue weighted by Gasteiger charge is 2.40. The number of carbonyl (C=O) groups is 5. The maximum absolute atomic E-state index is 13.9. The predicted molar refractivity (Wildman–Crippen MR) is 187 cm³/mol. The van der Waals surface area contributed by atoms with Crippen LogP contribution in [0.4, 0.5) is 11.4 Å². The van der Waals surface area contributed by atoms with Gasteiger partial charge in [0.1, 0.15) is 10.4 Å². The normalized spacial score (nSPS) is 15.8. The smallest absolute Gasteiger partial charge is 0.326 e. The summed E-state index contributed by atoms with van der Waals surface area (Å²) in [6.07, 6.45) is 1.39. The summed E-state index contributed by atoms with van der Waals surface area (Å²) in [6.45, 7) is 4.70. The molecule has 2 heterocycles. The number of carboxylic acid groups (broad SMARTS) is 1. The van der Waals surface area contributed by atoms with E-state index in [2.05, 4.69) is 5.32 Å². The van der Waals surface area contributed by atoms with E-state index in [9.17, 15) is 29.1 Å². The van der Waals surface area contributed by atoms with Gasteiger partial charge in [-0.15, -0.1) is 0 Å². The van der Waals surface area contributed by atoms with Gasteiger partial charge in [-0.05, 0) is 62.2 Å². The second kappa shape index (κ2) is 15.2. The molecule has 2 aliphatic heterocycles. The molecule has 248 valence electrons. The Bertz CT molecular complexity index is 1810. The van der Waals surface area contributed by atoms with Crippen molar-refractivity contribution in [2.45, 2.75) is 48.9 Å². The number of hydrogen-bond donors (Lipinski definition) is 2. The highest BCUT2D eigenvalue weighted by Crippen LogP contribution is 2.44. The Labute approximate surface area is 291 Å². The van der Waals surface area contributed by atoms with Crippen LogP contribution in [0.2, 0.25) is 0 Å². The van der Waals surface area contributed by atoms with Crippen LogP contribution in [0.5, 0.6) is 0 Å².